The van der Waals surface area contributed by atoms with Crippen molar-refractivity contribution in [3.63, 3.8) is 0 Å². The number of hydrogen-bond acceptors (Lipinski definition) is 5. The number of amides is 1. The van der Waals surface area contributed by atoms with Crippen molar-refractivity contribution in [3.05, 3.63) is 102 Å². The number of carboxylic acid groups (broad SMARTS) is 1. The molecule has 2 aromatic heterocycles. The average molecular weight is 541 g/mol. The van der Waals surface area contributed by atoms with Gasteiger partial charge in [0.25, 0.3) is 0 Å². The molecule has 0 unspecified atom stereocenters. The number of aromatic carboxylic acids is 1. The van der Waals surface area contributed by atoms with Crippen molar-refractivity contribution in [1.82, 2.24) is 10.3 Å². The molecule has 3 N–H and O–H groups in total. The number of nitrogens with one attached hydrogen (secondary N) is 2. The fraction of sp³-hybridized carbons (Fsp3) is 0.200. The van der Waals surface area contributed by atoms with Crippen LogP contribution in [0, 0.1) is 12.8 Å². The minimum atomic E-state index is -1.00. The molecule has 0 bridgehead atoms. The lowest BCUT2D eigenvalue weighted by Gasteiger charge is -2.27. The molecule has 0 saturated carbocycles. The highest BCUT2D eigenvalue weighted by Gasteiger charge is 2.42. The van der Waals surface area contributed by atoms with Crippen molar-refractivity contribution in [2.45, 2.75) is 32.9 Å². The third-order valence-electron chi connectivity index (χ3n) is 6.68. The Labute approximate surface area is 231 Å². The Balaban J connectivity index is 1.55. The van der Waals surface area contributed by atoms with Gasteiger partial charge < -0.3 is 25.1 Å². The summed E-state index contributed by atoms with van der Waals surface area (Å²) in [5, 5.41) is 16.3. The zero-order chi connectivity index (χ0) is 27.7. The van der Waals surface area contributed by atoms with Crippen LogP contribution >= 0.6 is 12.2 Å². The van der Waals surface area contributed by atoms with Gasteiger partial charge in [-0.15, -0.1) is 0 Å². The van der Waals surface area contributed by atoms with Crippen molar-refractivity contribution in [1.29, 1.82) is 0 Å². The van der Waals surface area contributed by atoms with Gasteiger partial charge in [-0.2, -0.15) is 0 Å². The molecular formula is C30H28N4O4S. The van der Waals surface area contributed by atoms with Gasteiger partial charge in [0.05, 0.1) is 17.3 Å². The monoisotopic (exact) mass is 540 g/mol. The maximum Gasteiger partial charge on any atom is 0.335 e. The normalized spacial score (nSPS) is 16.8. The highest BCUT2D eigenvalue weighted by atomic mass is 32.1. The Bertz CT molecular complexity index is 1550. The highest BCUT2D eigenvalue weighted by molar-refractivity contribution is 7.80. The van der Waals surface area contributed by atoms with Crippen molar-refractivity contribution in [2.24, 2.45) is 5.92 Å². The van der Waals surface area contributed by atoms with Crippen LogP contribution in [-0.2, 0) is 4.79 Å². The number of rotatable bonds is 7. The summed E-state index contributed by atoms with van der Waals surface area (Å²) in [5.74, 6) is 0.00979. The smallest absolute Gasteiger partial charge is 0.335 e. The molecule has 1 aliphatic heterocycles. The maximum atomic E-state index is 12.3. The topological polar surface area (TPSA) is 108 Å². The molecule has 1 amide bonds. The average Bonchev–Trinajstić information content (AvgIpc) is 3.55. The summed E-state index contributed by atoms with van der Waals surface area (Å²) in [5.41, 5.74) is 4.12. The molecule has 3 heterocycles. The number of hydrogen-bond donors (Lipinski definition) is 3. The Morgan fingerprint density at radius 1 is 1.08 bits per heavy atom. The van der Waals surface area contributed by atoms with Crippen LogP contribution in [0.3, 0.4) is 0 Å². The number of pyridine rings is 1. The highest BCUT2D eigenvalue weighted by Crippen LogP contribution is 2.43. The lowest BCUT2D eigenvalue weighted by Crippen LogP contribution is -2.29. The number of carbonyl (C=O) groups excluding carboxylic acids is 1. The third-order valence-corrected chi connectivity index (χ3v) is 7.00. The van der Waals surface area contributed by atoms with Gasteiger partial charge in [-0.05, 0) is 79.3 Å². The molecule has 1 aliphatic rings. The van der Waals surface area contributed by atoms with Crippen molar-refractivity contribution in [3.8, 4) is 11.3 Å². The van der Waals surface area contributed by atoms with E-state index >= 15 is 0 Å². The van der Waals surface area contributed by atoms with Crippen LogP contribution < -0.4 is 15.5 Å². The van der Waals surface area contributed by atoms with Crippen LogP contribution in [0.25, 0.3) is 11.3 Å². The van der Waals surface area contributed by atoms with Crippen molar-refractivity contribution in [2.75, 3.05) is 10.2 Å². The van der Waals surface area contributed by atoms with E-state index in [4.69, 9.17) is 16.6 Å². The standard InChI is InChI=1S/C30H28N4O4S/c1-17(2)28(35)32-22-11-10-21(15-18(22)3)34-27(26(33-30(34)39)23-9-4-5-14-31-23)25-13-12-24(38-25)19-7-6-8-20(16-19)29(36)37/h4-17,26-27H,1-3H3,(H,32,35)(H,33,39)(H,36,37)/t26-,27-/m1/s1. The summed E-state index contributed by atoms with van der Waals surface area (Å²) in [4.78, 5) is 30.3. The molecule has 1 fully saturated rings. The summed E-state index contributed by atoms with van der Waals surface area (Å²) >= 11 is 5.81. The Morgan fingerprint density at radius 2 is 1.90 bits per heavy atom. The number of benzene rings is 2. The first kappa shape index (κ1) is 26.1. The number of nitrogens with zero attached hydrogens (tertiary/aromatic N) is 2. The number of anilines is 2. The lowest BCUT2D eigenvalue weighted by atomic mass is 10.0. The predicted octanol–water partition coefficient (Wildman–Crippen LogP) is 6.12. The molecule has 0 aliphatic carbocycles. The zero-order valence-corrected chi connectivity index (χ0v) is 22.5. The van der Waals surface area contributed by atoms with Crippen LogP contribution in [0.5, 0.6) is 0 Å². The van der Waals surface area contributed by atoms with Gasteiger partial charge in [-0.3, -0.25) is 9.78 Å². The van der Waals surface area contributed by atoms with E-state index in [1.54, 1.807) is 24.4 Å². The van der Waals surface area contributed by atoms with E-state index in [9.17, 15) is 14.7 Å². The van der Waals surface area contributed by atoms with E-state index in [-0.39, 0.29) is 29.5 Å². The fourth-order valence-electron chi connectivity index (χ4n) is 4.61. The largest absolute Gasteiger partial charge is 0.478 e. The van der Waals surface area contributed by atoms with Gasteiger partial charge in [0.15, 0.2) is 5.11 Å². The first-order valence-electron chi connectivity index (χ1n) is 12.6. The summed E-state index contributed by atoms with van der Waals surface area (Å²) in [6.45, 7) is 5.65. The van der Waals surface area contributed by atoms with Crippen LogP contribution in [0.2, 0.25) is 0 Å². The zero-order valence-electron chi connectivity index (χ0n) is 21.7. The Morgan fingerprint density at radius 3 is 2.59 bits per heavy atom. The van der Waals surface area contributed by atoms with Gasteiger partial charge in [0, 0.05) is 29.1 Å². The quantitative estimate of drug-likeness (QED) is 0.241. The molecule has 8 nitrogen and oxygen atoms in total. The van der Waals surface area contributed by atoms with E-state index in [2.05, 4.69) is 15.6 Å². The molecule has 2 aromatic carbocycles. The van der Waals surface area contributed by atoms with Gasteiger partial charge in [-0.25, -0.2) is 4.79 Å². The Hall–Kier alpha value is -4.50. The molecule has 2 atom stereocenters. The van der Waals surface area contributed by atoms with E-state index in [0.717, 1.165) is 22.6 Å². The number of furan rings is 1. The number of aromatic nitrogens is 1. The molecule has 5 rings (SSSR count). The van der Waals surface area contributed by atoms with Gasteiger partial charge >= 0.3 is 5.97 Å². The fourth-order valence-corrected chi connectivity index (χ4v) is 4.96. The predicted molar refractivity (Wildman–Crippen MR) is 154 cm³/mol. The van der Waals surface area contributed by atoms with Crippen molar-refractivity contribution < 1.29 is 19.1 Å². The number of carboxylic acids is 1. The SMILES string of the molecule is Cc1cc(N2C(=S)N[C@H](c3ccccn3)[C@H]2c2ccc(-c3cccc(C(=O)O)c3)o2)ccc1NC(=O)C(C)C. The number of carbonyl (C=O) groups is 2. The second-order valence-corrected chi connectivity index (χ2v) is 10.1. The summed E-state index contributed by atoms with van der Waals surface area (Å²) in [7, 11) is 0. The van der Waals surface area contributed by atoms with Gasteiger partial charge in [0.2, 0.25) is 5.91 Å². The van der Waals surface area contributed by atoms with E-state index in [1.807, 2.05) is 80.3 Å². The van der Waals surface area contributed by atoms with Crippen LogP contribution in [0.1, 0.15) is 53.3 Å². The minimum Gasteiger partial charge on any atom is -0.478 e. The molecule has 4 aromatic rings. The lowest BCUT2D eigenvalue weighted by molar-refractivity contribution is -0.118. The van der Waals surface area contributed by atoms with E-state index in [0.29, 0.717) is 22.2 Å². The molecule has 198 valence electrons. The second-order valence-electron chi connectivity index (χ2n) is 9.73. The van der Waals surface area contributed by atoms with E-state index in [1.165, 1.54) is 0 Å². The summed E-state index contributed by atoms with van der Waals surface area (Å²) < 4.78 is 6.35. The van der Waals surface area contributed by atoms with Crippen LogP contribution in [0.15, 0.2) is 83.4 Å². The molecule has 0 radical (unpaired) electrons. The Kier molecular flexibility index (Phi) is 7.17. The maximum absolute atomic E-state index is 12.3. The first-order chi connectivity index (χ1) is 18.7. The minimum absolute atomic E-state index is 0.0487. The molecule has 9 heteroatoms. The molecule has 0 spiro atoms. The number of aryl methyl sites for hydroxylation is 1. The molecule has 39 heavy (non-hydrogen) atoms. The van der Waals surface area contributed by atoms with Crippen molar-refractivity contribution >= 4 is 40.6 Å². The van der Waals surface area contributed by atoms with Crippen LogP contribution in [0.4, 0.5) is 11.4 Å². The van der Waals surface area contributed by atoms with Gasteiger partial charge in [0.1, 0.15) is 17.6 Å². The molecular weight excluding hydrogens is 512 g/mol. The number of thiocarbonyl (C=S) groups is 1. The first-order valence-corrected chi connectivity index (χ1v) is 13.0. The second kappa shape index (κ2) is 10.7. The summed E-state index contributed by atoms with van der Waals surface area (Å²) in [6, 6.07) is 21.2. The third kappa shape index (κ3) is 5.26. The van der Waals surface area contributed by atoms with E-state index < -0.39 is 5.97 Å². The van der Waals surface area contributed by atoms with Gasteiger partial charge in [-0.1, -0.05) is 32.0 Å². The van der Waals surface area contributed by atoms with Crippen LogP contribution in [-0.4, -0.2) is 27.1 Å². The summed E-state index contributed by atoms with van der Waals surface area (Å²) in [6.07, 6.45) is 1.74. The molecule has 1 saturated heterocycles.